The highest BCUT2D eigenvalue weighted by atomic mass is 16.1. The molecule has 0 aliphatic carbocycles. The highest BCUT2D eigenvalue weighted by Crippen LogP contribution is 2.15. The molecule has 0 aliphatic heterocycles. The van der Waals surface area contributed by atoms with Crippen LogP contribution in [-0.2, 0) is 11.3 Å². The van der Waals surface area contributed by atoms with E-state index < -0.39 is 0 Å². The quantitative estimate of drug-likeness (QED) is 0.701. The van der Waals surface area contributed by atoms with E-state index in [-0.39, 0.29) is 5.91 Å². The molecular formula is C16H26N2O. The average Bonchev–Trinajstić information content (AvgIpc) is 2.37. The van der Waals surface area contributed by atoms with Gasteiger partial charge in [-0.1, -0.05) is 44.4 Å². The van der Waals surface area contributed by atoms with Crippen LogP contribution in [0.4, 0.5) is 5.69 Å². The van der Waals surface area contributed by atoms with E-state index in [0.29, 0.717) is 6.04 Å². The van der Waals surface area contributed by atoms with Crippen LogP contribution in [0.1, 0.15) is 52.0 Å². The lowest BCUT2D eigenvalue weighted by Crippen LogP contribution is -2.26. The first-order valence-electron chi connectivity index (χ1n) is 7.22. The van der Waals surface area contributed by atoms with E-state index in [4.69, 9.17) is 0 Å². The first-order valence-corrected chi connectivity index (χ1v) is 7.22. The Kier molecular flexibility index (Phi) is 7.19. The molecule has 3 heteroatoms. The van der Waals surface area contributed by atoms with Crippen LogP contribution >= 0.6 is 0 Å². The van der Waals surface area contributed by atoms with E-state index in [9.17, 15) is 4.79 Å². The molecule has 1 aromatic carbocycles. The molecule has 0 bridgehead atoms. The number of nitrogens with one attached hydrogen (secondary N) is 2. The molecule has 1 atom stereocenters. The molecule has 3 nitrogen and oxygen atoms in total. The fraction of sp³-hybridized carbons (Fsp3) is 0.562. The molecule has 0 aliphatic rings. The van der Waals surface area contributed by atoms with Gasteiger partial charge in [0.15, 0.2) is 0 Å². The molecule has 0 aromatic heterocycles. The molecular weight excluding hydrogens is 236 g/mol. The SMILES string of the molecule is CCCCCC(C)NCc1ccccc1NC(C)=O. The second-order valence-corrected chi connectivity index (χ2v) is 5.12. The lowest BCUT2D eigenvalue weighted by molar-refractivity contribution is -0.114. The van der Waals surface area contributed by atoms with Crippen LogP contribution in [0.3, 0.4) is 0 Å². The summed E-state index contributed by atoms with van der Waals surface area (Å²) in [6.07, 6.45) is 5.04. The minimum absolute atomic E-state index is 0.0246. The van der Waals surface area contributed by atoms with E-state index in [1.165, 1.54) is 32.6 Å². The third kappa shape index (κ3) is 6.39. The van der Waals surface area contributed by atoms with Crippen molar-refractivity contribution in [1.29, 1.82) is 0 Å². The zero-order valence-corrected chi connectivity index (χ0v) is 12.3. The van der Waals surface area contributed by atoms with E-state index in [1.54, 1.807) is 0 Å². The normalized spacial score (nSPS) is 12.2. The number of amides is 1. The van der Waals surface area contributed by atoms with Crippen LogP contribution in [0.2, 0.25) is 0 Å². The minimum Gasteiger partial charge on any atom is -0.326 e. The van der Waals surface area contributed by atoms with Crippen molar-refractivity contribution in [3.8, 4) is 0 Å². The maximum absolute atomic E-state index is 11.1. The smallest absolute Gasteiger partial charge is 0.221 e. The van der Waals surface area contributed by atoms with Gasteiger partial charge in [-0.05, 0) is 25.0 Å². The first-order chi connectivity index (χ1) is 9.13. The second-order valence-electron chi connectivity index (χ2n) is 5.12. The summed E-state index contributed by atoms with van der Waals surface area (Å²) in [5.41, 5.74) is 2.04. The Bertz CT molecular complexity index is 390. The Morgan fingerprint density at radius 3 is 2.68 bits per heavy atom. The molecule has 1 rings (SSSR count). The van der Waals surface area contributed by atoms with Gasteiger partial charge in [0, 0.05) is 25.2 Å². The summed E-state index contributed by atoms with van der Waals surface area (Å²) in [6.45, 7) is 6.78. The van der Waals surface area contributed by atoms with Crippen LogP contribution in [0.25, 0.3) is 0 Å². The van der Waals surface area contributed by atoms with Crippen LogP contribution in [0.15, 0.2) is 24.3 Å². The van der Waals surface area contributed by atoms with E-state index in [1.807, 2.05) is 18.2 Å². The Morgan fingerprint density at radius 2 is 2.00 bits per heavy atom. The average molecular weight is 262 g/mol. The number of unbranched alkanes of at least 4 members (excludes halogenated alkanes) is 2. The highest BCUT2D eigenvalue weighted by Gasteiger charge is 2.05. The summed E-state index contributed by atoms with van der Waals surface area (Å²) in [5, 5.41) is 6.39. The summed E-state index contributed by atoms with van der Waals surface area (Å²) < 4.78 is 0. The van der Waals surface area contributed by atoms with Crippen molar-refractivity contribution in [3.05, 3.63) is 29.8 Å². The molecule has 0 spiro atoms. The molecule has 106 valence electrons. The standard InChI is InChI=1S/C16H26N2O/c1-4-5-6-9-13(2)17-12-15-10-7-8-11-16(15)18-14(3)19/h7-8,10-11,13,17H,4-6,9,12H2,1-3H3,(H,18,19). The maximum atomic E-state index is 11.1. The highest BCUT2D eigenvalue weighted by molar-refractivity contribution is 5.89. The van der Waals surface area contributed by atoms with Gasteiger partial charge >= 0.3 is 0 Å². The lowest BCUT2D eigenvalue weighted by Gasteiger charge is -2.15. The van der Waals surface area contributed by atoms with Crippen LogP contribution in [-0.4, -0.2) is 11.9 Å². The molecule has 0 fully saturated rings. The summed E-state index contributed by atoms with van der Waals surface area (Å²) in [6, 6.07) is 8.46. The number of carbonyl (C=O) groups excluding carboxylic acids is 1. The molecule has 0 heterocycles. The molecule has 0 saturated carbocycles. The Labute approximate surface area is 116 Å². The van der Waals surface area contributed by atoms with Crippen molar-refractivity contribution in [1.82, 2.24) is 5.32 Å². The monoisotopic (exact) mass is 262 g/mol. The van der Waals surface area contributed by atoms with E-state index in [2.05, 4.69) is 30.5 Å². The number of para-hydroxylation sites is 1. The first kappa shape index (κ1) is 15.7. The molecule has 2 N–H and O–H groups in total. The van der Waals surface area contributed by atoms with E-state index in [0.717, 1.165) is 17.8 Å². The Morgan fingerprint density at radius 1 is 1.26 bits per heavy atom. The third-order valence-corrected chi connectivity index (χ3v) is 3.21. The molecule has 1 aromatic rings. The van der Waals surface area contributed by atoms with Gasteiger partial charge in [-0.3, -0.25) is 4.79 Å². The van der Waals surface area contributed by atoms with Crippen LogP contribution in [0, 0.1) is 0 Å². The van der Waals surface area contributed by atoms with Gasteiger partial charge < -0.3 is 10.6 Å². The van der Waals surface area contributed by atoms with Crippen LogP contribution < -0.4 is 10.6 Å². The summed E-state index contributed by atoms with van der Waals surface area (Å²) in [5.74, 6) is -0.0246. The number of anilines is 1. The lowest BCUT2D eigenvalue weighted by atomic mass is 10.1. The zero-order chi connectivity index (χ0) is 14.1. The number of rotatable bonds is 8. The van der Waals surface area contributed by atoms with E-state index >= 15 is 0 Å². The largest absolute Gasteiger partial charge is 0.326 e. The molecule has 1 amide bonds. The van der Waals surface area contributed by atoms with Crippen molar-refractivity contribution in [3.63, 3.8) is 0 Å². The fourth-order valence-electron chi connectivity index (χ4n) is 2.07. The number of hydrogen-bond donors (Lipinski definition) is 2. The zero-order valence-electron chi connectivity index (χ0n) is 12.3. The number of benzene rings is 1. The molecule has 1 unspecified atom stereocenters. The third-order valence-electron chi connectivity index (χ3n) is 3.21. The fourth-order valence-corrected chi connectivity index (χ4v) is 2.07. The van der Waals surface area contributed by atoms with Crippen LogP contribution in [0.5, 0.6) is 0 Å². The van der Waals surface area contributed by atoms with Gasteiger partial charge in [-0.25, -0.2) is 0 Å². The van der Waals surface area contributed by atoms with Gasteiger partial charge in [0.2, 0.25) is 5.91 Å². The summed E-state index contributed by atoms with van der Waals surface area (Å²) in [7, 11) is 0. The van der Waals surface area contributed by atoms with Gasteiger partial charge in [-0.2, -0.15) is 0 Å². The van der Waals surface area contributed by atoms with Gasteiger partial charge in [-0.15, -0.1) is 0 Å². The van der Waals surface area contributed by atoms with Gasteiger partial charge in [0.05, 0.1) is 0 Å². The van der Waals surface area contributed by atoms with Crippen molar-refractivity contribution < 1.29 is 4.79 Å². The van der Waals surface area contributed by atoms with Crippen molar-refractivity contribution in [2.45, 2.75) is 59.0 Å². The maximum Gasteiger partial charge on any atom is 0.221 e. The molecule has 0 radical (unpaired) electrons. The molecule has 19 heavy (non-hydrogen) atoms. The number of carbonyl (C=O) groups is 1. The molecule has 0 saturated heterocycles. The topological polar surface area (TPSA) is 41.1 Å². The van der Waals surface area contributed by atoms with Crippen molar-refractivity contribution in [2.75, 3.05) is 5.32 Å². The Balaban J connectivity index is 2.45. The number of hydrogen-bond acceptors (Lipinski definition) is 2. The van der Waals surface area contributed by atoms with Gasteiger partial charge in [0.25, 0.3) is 0 Å². The summed E-state index contributed by atoms with van der Waals surface area (Å²) in [4.78, 5) is 11.1. The van der Waals surface area contributed by atoms with Gasteiger partial charge in [0.1, 0.15) is 0 Å². The second kappa shape index (κ2) is 8.70. The predicted octanol–water partition coefficient (Wildman–Crippen LogP) is 3.70. The van der Waals surface area contributed by atoms with Crippen molar-refractivity contribution >= 4 is 11.6 Å². The predicted molar refractivity (Wildman–Crippen MR) is 81.2 cm³/mol. The summed E-state index contributed by atoms with van der Waals surface area (Å²) >= 11 is 0. The Hall–Kier alpha value is -1.35. The minimum atomic E-state index is -0.0246. The van der Waals surface area contributed by atoms with Crippen molar-refractivity contribution in [2.24, 2.45) is 0 Å².